The van der Waals surface area contributed by atoms with Crippen LogP contribution in [0.1, 0.15) is 44.0 Å². The molecule has 1 unspecified atom stereocenters. The van der Waals surface area contributed by atoms with Gasteiger partial charge in [0, 0.05) is 30.8 Å². The fraction of sp³-hybridized carbons (Fsp3) is 0.769. The van der Waals surface area contributed by atoms with Crippen molar-refractivity contribution >= 4 is 11.3 Å². The minimum atomic E-state index is -0.0656. The van der Waals surface area contributed by atoms with Gasteiger partial charge >= 0.3 is 0 Å². The maximum Gasteiger partial charge on any atom is 0.107 e. The summed E-state index contributed by atoms with van der Waals surface area (Å²) in [4.78, 5) is 5.75. The second kappa shape index (κ2) is 6.47. The minimum absolute atomic E-state index is 0.0656. The fourth-order valence-electron chi connectivity index (χ4n) is 1.75. The van der Waals surface area contributed by atoms with Crippen molar-refractivity contribution in [2.45, 2.75) is 58.7 Å². The Hall–Kier alpha value is -0.450. The van der Waals surface area contributed by atoms with Crippen molar-refractivity contribution in [1.29, 1.82) is 0 Å². The lowest BCUT2D eigenvalue weighted by molar-refractivity contribution is 0.00844. The van der Waals surface area contributed by atoms with Crippen LogP contribution in [0.25, 0.3) is 0 Å². The standard InChI is InChI=1S/C13H24N2OS/c1-6-11-8-15-12(17-11)9-14-10(2)7-13(3,4)16-5/h8,10,14H,6-7,9H2,1-5H3. The molecule has 17 heavy (non-hydrogen) atoms. The molecule has 3 nitrogen and oxygen atoms in total. The third-order valence-electron chi connectivity index (χ3n) is 2.90. The van der Waals surface area contributed by atoms with Crippen LogP contribution >= 0.6 is 11.3 Å². The zero-order valence-electron chi connectivity index (χ0n) is 11.5. The van der Waals surface area contributed by atoms with E-state index >= 15 is 0 Å². The number of aryl methyl sites for hydroxylation is 1. The zero-order valence-corrected chi connectivity index (χ0v) is 12.4. The topological polar surface area (TPSA) is 34.2 Å². The number of rotatable bonds is 7. The molecule has 0 aliphatic rings. The number of ether oxygens (including phenoxy) is 1. The van der Waals surface area contributed by atoms with E-state index in [0.29, 0.717) is 6.04 Å². The molecular formula is C13H24N2OS. The summed E-state index contributed by atoms with van der Waals surface area (Å²) in [7, 11) is 1.76. The molecule has 1 aromatic rings. The van der Waals surface area contributed by atoms with Crippen molar-refractivity contribution in [3.8, 4) is 0 Å². The van der Waals surface area contributed by atoms with Gasteiger partial charge < -0.3 is 10.1 Å². The lowest BCUT2D eigenvalue weighted by Crippen LogP contribution is -2.35. The molecule has 1 rings (SSSR count). The van der Waals surface area contributed by atoms with E-state index in [-0.39, 0.29) is 5.60 Å². The molecule has 1 atom stereocenters. The molecule has 1 N–H and O–H groups in total. The largest absolute Gasteiger partial charge is 0.379 e. The molecular weight excluding hydrogens is 232 g/mol. The van der Waals surface area contributed by atoms with Crippen LogP contribution in [0.15, 0.2) is 6.20 Å². The van der Waals surface area contributed by atoms with Gasteiger partial charge in [-0.3, -0.25) is 0 Å². The van der Waals surface area contributed by atoms with Crippen LogP contribution in [0, 0.1) is 0 Å². The number of methoxy groups -OCH3 is 1. The lowest BCUT2D eigenvalue weighted by atomic mass is 10.00. The van der Waals surface area contributed by atoms with Crippen molar-refractivity contribution in [2.75, 3.05) is 7.11 Å². The van der Waals surface area contributed by atoms with E-state index in [1.807, 2.05) is 6.20 Å². The van der Waals surface area contributed by atoms with Gasteiger partial charge in [0.25, 0.3) is 0 Å². The molecule has 0 aliphatic carbocycles. The summed E-state index contributed by atoms with van der Waals surface area (Å²) in [5.74, 6) is 0. The Kier molecular flexibility index (Phi) is 5.56. The van der Waals surface area contributed by atoms with Crippen LogP contribution in [0.4, 0.5) is 0 Å². The highest BCUT2D eigenvalue weighted by molar-refractivity contribution is 7.11. The van der Waals surface area contributed by atoms with Gasteiger partial charge in [0.1, 0.15) is 5.01 Å². The van der Waals surface area contributed by atoms with E-state index in [1.165, 1.54) is 9.88 Å². The van der Waals surface area contributed by atoms with Crippen LogP contribution in [0.2, 0.25) is 0 Å². The highest BCUT2D eigenvalue weighted by atomic mass is 32.1. The monoisotopic (exact) mass is 256 g/mol. The molecule has 98 valence electrons. The van der Waals surface area contributed by atoms with Crippen molar-refractivity contribution in [3.63, 3.8) is 0 Å². The van der Waals surface area contributed by atoms with Crippen molar-refractivity contribution in [1.82, 2.24) is 10.3 Å². The maximum atomic E-state index is 5.43. The third-order valence-corrected chi connectivity index (χ3v) is 4.04. The summed E-state index contributed by atoms with van der Waals surface area (Å²) in [5.41, 5.74) is -0.0656. The Morgan fingerprint density at radius 1 is 1.53 bits per heavy atom. The molecule has 0 fully saturated rings. The van der Waals surface area contributed by atoms with E-state index in [4.69, 9.17) is 4.74 Å². The molecule has 1 heterocycles. The van der Waals surface area contributed by atoms with Gasteiger partial charge in [-0.05, 0) is 33.6 Å². The first-order valence-corrected chi connectivity index (χ1v) is 7.00. The number of thiazole rings is 1. The molecule has 0 saturated carbocycles. The molecule has 0 saturated heterocycles. The maximum absolute atomic E-state index is 5.43. The molecule has 0 radical (unpaired) electrons. The van der Waals surface area contributed by atoms with Gasteiger partial charge in [-0.15, -0.1) is 11.3 Å². The zero-order chi connectivity index (χ0) is 12.9. The summed E-state index contributed by atoms with van der Waals surface area (Å²) in [6.07, 6.45) is 4.05. The Bertz CT molecular complexity index is 336. The van der Waals surface area contributed by atoms with Gasteiger partial charge in [-0.25, -0.2) is 4.98 Å². The second-order valence-electron chi connectivity index (χ2n) is 5.02. The van der Waals surface area contributed by atoms with E-state index in [2.05, 4.69) is 38.0 Å². The van der Waals surface area contributed by atoms with Crippen LogP contribution in [-0.2, 0) is 17.7 Å². The summed E-state index contributed by atoms with van der Waals surface area (Å²) in [6.45, 7) is 9.43. The number of nitrogens with one attached hydrogen (secondary N) is 1. The molecule has 4 heteroatoms. The van der Waals surface area contributed by atoms with Crippen molar-refractivity contribution < 1.29 is 4.74 Å². The van der Waals surface area contributed by atoms with E-state index in [9.17, 15) is 0 Å². The Balaban J connectivity index is 2.35. The molecule has 0 spiro atoms. The van der Waals surface area contributed by atoms with Crippen LogP contribution in [0.5, 0.6) is 0 Å². The predicted molar refractivity (Wildman–Crippen MR) is 73.5 cm³/mol. The third kappa shape index (κ3) is 5.15. The first kappa shape index (κ1) is 14.6. The van der Waals surface area contributed by atoms with Gasteiger partial charge in [0.2, 0.25) is 0 Å². The van der Waals surface area contributed by atoms with Crippen molar-refractivity contribution in [2.24, 2.45) is 0 Å². The first-order chi connectivity index (χ1) is 7.96. The predicted octanol–water partition coefficient (Wildman–Crippen LogP) is 3.00. The summed E-state index contributed by atoms with van der Waals surface area (Å²) in [6, 6.07) is 0.430. The smallest absolute Gasteiger partial charge is 0.107 e. The number of aromatic nitrogens is 1. The Labute approximate surface area is 109 Å². The normalized spacial score (nSPS) is 13.9. The average molecular weight is 256 g/mol. The number of hydrogen-bond acceptors (Lipinski definition) is 4. The second-order valence-corrected chi connectivity index (χ2v) is 6.22. The molecule has 0 aromatic carbocycles. The SMILES string of the molecule is CCc1cnc(CNC(C)CC(C)(C)OC)s1. The highest BCUT2D eigenvalue weighted by Crippen LogP contribution is 2.17. The van der Waals surface area contributed by atoms with Crippen molar-refractivity contribution in [3.05, 3.63) is 16.1 Å². The van der Waals surface area contributed by atoms with Crippen LogP contribution in [-0.4, -0.2) is 23.7 Å². The fourth-order valence-corrected chi connectivity index (χ4v) is 2.56. The van der Waals surface area contributed by atoms with E-state index < -0.39 is 0 Å². The molecule has 0 amide bonds. The molecule has 1 aromatic heterocycles. The molecule has 0 aliphatic heterocycles. The van der Waals surface area contributed by atoms with E-state index in [1.54, 1.807) is 18.4 Å². The van der Waals surface area contributed by atoms with Gasteiger partial charge in [0.15, 0.2) is 0 Å². The van der Waals surface area contributed by atoms with Gasteiger partial charge in [-0.1, -0.05) is 6.92 Å². The first-order valence-electron chi connectivity index (χ1n) is 6.19. The average Bonchev–Trinajstić information content (AvgIpc) is 2.74. The highest BCUT2D eigenvalue weighted by Gasteiger charge is 2.19. The van der Waals surface area contributed by atoms with E-state index in [0.717, 1.165) is 19.4 Å². The summed E-state index contributed by atoms with van der Waals surface area (Å²) in [5, 5.41) is 4.66. The van der Waals surface area contributed by atoms with Crippen LogP contribution < -0.4 is 5.32 Å². The number of nitrogens with zero attached hydrogens (tertiary/aromatic N) is 1. The van der Waals surface area contributed by atoms with Gasteiger partial charge in [-0.2, -0.15) is 0 Å². The van der Waals surface area contributed by atoms with Gasteiger partial charge in [0.05, 0.1) is 5.60 Å². The number of hydrogen-bond donors (Lipinski definition) is 1. The van der Waals surface area contributed by atoms with Crippen LogP contribution in [0.3, 0.4) is 0 Å². The minimum Gasteiger partial charge on any atom is -0.379 e. The quantitative estimate of drug-likeness (QED) is 0.814. The molecule has 0 bridgehead atoms. The summed E-state index contributed by atoms with van der Waals surface area (Å²) < 4.78 is 5.43. The Morgan fingerprint density at radius 2 is 2.24 bits per heavy atom. The lowest BCUT2D eigenvalue weighted by Gasteiger charge is -2.26. The summed E-state index contributed by atoms with van der Waals surface area (Å²) >= 11 is 1.79. The Morgan fingerprint density at radius 3 is 2.76 bits per heavy atom.